The molecular weight excluding hydrogens is 510 g/mol. The van der Waals surface area contributed by atoms with Crippen molar-refractivity contribution in [1.29, 1.82) is 0 Å². The van der Waals surface area contributed by atoms with E-state index in [4.69, 9.17) is 26.9 Å². The Morgan fingerprint density at radius 2 is 1.92 bits per heavy atom. The van der Waals surface area contributed by atoms with E-state index < -0.39 is 5.91 Å². The SMILES string of the molecule is CN=C(CC(C)(C)C1CN(c2nc(N=CC=C(N)OCC3(C)CC3)ccc2C(N)=O)C(C)(C)C1)C(S)=C(C)N. The molecule has 214 valence electrons. The van der Waals surface area contributed by atoms with Crippen molar-refractivity contribution >= 4 is 42.1 Å². The van der Waals surface area contributed by atoms with E-state index in [1.54, 1.807) is 31.5 Å². The van der Waals surface area contributed by atoms with Gasteiger partial charge in [0, 0.05) is 47.4 Å². The minimum Gasteiger partial charge on any atom is -0.479 e. The van der Waals surface area contributed by atoms with E-state index in [0.717, 1.165) is 36.3 Å². The molecule has 2 aliphatic rings. The van der Waals surface area contributed by atoms with Crippen LogP contribution in [-0.2, 0) is 4.74 Å². The summed E-state index contributed by atoms with van der Waals surface area (Å²) in [6.45, 7) is 14.1. The van der Waals surface area contributed by atoms with Crippen molar-refractivity contribution in [1.82, 2.24) is 4.98 Å². The predicted molar refractivity (Wildman–Crippen MR) is 164 cm³/mol. The van der Waals surface area contributed by atoms with Crippen LogP contribution in [0.15, 0.2) is 44.7 Å². The third-order valence-corrected chi connectivity index (χ3v) is 8.65. The van der Waals surface area contributed by atoms with Crippen LogP contribution in [0.1, 0.15) is 77.6 Å². The largest absolute Gasteiger partial charge is 0.479 e. The van der Waals surface area contributed by atoms with Gasteiger partial charge in [0.25, 0.3) is 5.91 Å². The summed E-state index contributed by atoms with van der Waals surface area (Å²) in [5.41, 5.74) is 19.5. The smallest absolute Gasteiger partial charge is 0.252 e. The fraction of sp³-hybridized carbons (Fsp3) is 0.586. The molecule has 2 fully saturated rings. The van der Waals surface area contributed by atoms with Gasteiger partial charge in [-0.1, -0.05) is 20.8 Å². The predicted octanol–water partition coefficient (Wildman–Crippen LogP) is 4.71. The molecule has 10 heteroatoms. The Hall–Kier alpha value is -3.01. The molecule has 0 bridgehead atoms. The maximum Gasteiger partial charge on any atom is 0.252 e. The van der Waals surface area contributed by atoms with Crippen molar-refractivity contribution in [3.05, 3.63) is 40.3 Å². The summed E-state index contributed by atoms with van der Waals surface area (Å²) in [7, 11) is 1.77. The number of aromatic nitrogens is 1. The summed E-state index contributed by atoms with van der Waals surface area (Å²) in [6, 6.07) is 3.37. The molecule has 0 radical (unpaired) electrons. The van der Waals surface area contributed by atoms with Crippen molar-refractivity contribution in [2.75, 3.05) is 25.1 Å². The number of nitrogens with zero attached hydrogens (tertiary/aromatic N) is 4. The third kappa shape index (κ3) is 7.56. The maximum absolute atomic E-state index is 12.4. The van der Waals surface area contributed by atoms with Crippen molar-refractivity contribution in [2.45, 2.75) is 72.8 Å². The van der Waals surface area contributed by atoms with Crippen molar-refractivity contribution < 1.29 is 9.53 Å². The molecular formula is C29H45N7O2S. The molecule has 0 aromatic carbocycles. The van der Waals surface area contributed by atoms with Gasteiger partial charge in [-0.25, -0.2) is 9.98 Å². The standard InChI is InChI=1S/C29H45N7O2S/c1-18(30)24(39)21(33-7)15-27(2,3)19-14-28(4,5)36(16-19)26-20(25(32)37)8-9-23(35-26)34-13-10-22(31)38-17-29(6)11-12-29/h8-10,13,19,39H,11-12,14-17,30-31H2,1-7H3,(H2,32,37). The summed E-state index contributed by atoms with van der Waals surface area (Å²) < 4.78 is 5.63. The topological polar surface area (TPSA) is 145 Å². The van der Waals surface area contributed by atoms with Crippen LogP contribution in [0.25, 0.3) is 0 Å². The Bertz CT molecular complexity index is 1210. The molecule has 1 aliphatic heterocycles. The normalized spacial score (nSPS) is 21.7. The molecule has 1 aliphatic carbocycles. The van der Waals surface area contributed by atoms with E-state index in [1.165, 1.54) is 0 Å². The zero-order valence-corrected chi connectivity index (χ0v) is 25.3. The number of hydrogen-bond donors (Lipinski definition) is 4. The third-order valence-electron chi connectivity index (χ3n) is 8.04. The lowest BCUT2D eigenvalue weighted by Gasteiger charge is -2.33. The van der Waals surface area contributed by atoms with E-state index >= 15 is 0 Å². The van der Waals surface area contributed by atoms with Crippen molar-refractivity contribution in [3.8, 4) is 0 Å². The Kier molecular flexibility index (Phi) is 9.09. The number of hydrogen-bond acceptors (Lipinski definition) is 9. The highest BCUT2D eigenvalue weighted by molar-refractivity contribution is 7.85. The van der Waals surface area contributed by atoms with E-state index in [2.05, 4.69) is 62.1 Å². The number of nitrogens with two attached hydrogens (primary N) is 3. The number of ether oxygens (including phenoxy) is 1. The summed E-state index contributed by atoms with van der Waals surface area (Å²) in [4.78, 5) is 29.0. The van der Waals surface area contributed by atoms with Gasteiger partial charge in [0.05, 0.1) is 17.9 Å². The molecule has 9 nitrogen and oxygen atoms in total. The van der Waals surface area contributed by atoms with Crippen LogP contribution >= 0.6 is 12.6 Å². The highest BCUT2D eigenvalue weighted by Gasteiger charge is 2.46. The lowest BCUT2D eigenvalue weighted by atomic mass is 9.72. The molecule has 6 N–H and O–H groups in total. The lowest BCUT2D eigenvalue weighted by molar-refractivity contribution is 0.100. The molecule has 1 saturated heterocycles. The Morgan fingerprint density at radius 1 is 1.26 bits per heavy atom. The monoisotopic (exact) mass is 555 g/mol. The molecule has 39 heavy (non-hydrogen) atoms. The summed E-state index contributed by atoms with van der Waals surface area (Å²) in [6.07, 6.45) is 7.12. The van der Waals surface area contributed by atoms with Crippen LogP contribution in [0.2, 0.25) is 0 Å². The Morgan fingerprint density at radius 3 is 2.49 bits per heavy atom. The van der Waals surface area contributed by atoms with Crippen LogP contribution in [0.3, 0.4) is 0 Å². The van der Waals surface area contributed by atoms with E-state index in [0.29, 0.717) is 41.9 Å². The lowest BCUT2D eigenvalue weighted by Crippen LogP contribution is -2.40. The zero-order valence-electron chi connectivity index (χ0n) is 24.4. The molecule has 3 rings (SSSR count). The average Bonchev–Trinajstić information content (AvgIpc) is 3.50. The second-order valence-corrected chi connectivity index (χ2v) is 13.0. The van der Waals surface area contributed by atoms with E-state index in [-0.39, 0.29) is 22.3 Å². The van der Waals surface area contributed by atoms with Crippen LogP contribution < -0.4 is 22.1 Å². The maximum atomic E-state index is 12.4. The highest BCUT2D eigenvalue weighted by Crippen LogP contribution is 2.47. The van der Waals surface area contributed by atoms with Crippen LogP contribution in [-0.4, -0.2) is 48.6 Å². The van der Waals surface area contributed by atoms with Gasteiger partial charge < -0.3 is 26.8 Å². The average molecular weight is 556 g/mol. The number of thiol groups is 1. The summed E-state index contributed by atoms with van der Waals surface area (Å²) in [5, 5.41) is 0. The second-order valence-electron chi connectivity index (χ2n) is 12.5. The molecule has 1 aromatic heterocycles. The fourth-order valence-corrected chi connectivity index (χ4v) is 5.15. The van der Waals surface area contributed by atoms with Gasteiger partial charge in [0.2, 0.25) is 0 Å². The first-order valence-corrected chi connectivity index (χ1v) is 13.9. The number of carbonyl (C=O) groups excluding carboxylic acids is 1. The number of anilines is 1. The number of amides is 1. The van der Waals surface area contributed by atoms with Gasteiger partial charge in [-0.05, 0) is 69.9 Å². The van der Waals surface area contributed by atoms with Gasteiger partial charge in [-0.15, -0.1) is 12.6 Å². The van der Waals surface area contributed by atoms with Crippen molar-refractivity contribution in [2.24, 2.45) is 43.9 Å². The molecule has 1 unspecified atom stereocenters. The van der Waals surface area contributed by atoms with Gasteiger partial charge in [0.1, 0.15) is 5.82 Å². The number of aliphatic imine (C=N–C) groups is 2. The molecule has 2 heterocycles. The fourth-order valence-electron chi connectivity index (χ4n) is 4.97. The second kappa shape index (κ2) is 11.6. The zero-order chi connectivity index (χ0) is 29.2. The Labute approximate surface area is 238 Å². The van der Waals surface area contributed by atoms with Crippen molar-refractivity contribution in [3.63, 3.8) is 0 Å². The molecule has 0 spiro atoms. The van der Waals surface area contributed by atoms with E-state index in [1.807, 2.05) is 6.92 Å². The molecule has 1 amide bonds. The number of pyridine rings is 1. The number of primary amides is 1. The first kappa shape index (κ1) is 30.5. The summed E-state index contributed by atoms with van der Waals surface area (Å²) in [5.74, 6) is 1.06. The van der Waals surface area contributed by atoms with Crippen LogP contribution in [0, 0.1) is 16.7 Å². The summed E-state index contributed by atoms with van der Waals surface area (Å²) >= 11 is 4.60. The Balaban J connectivity index is 1.84. The first-order valence-electron chi connectivity index (χ1n) is 13.4. The van der Waals surface area contributed by atoms with Gasteiger partial charge in [0.15, 0.2) is 11.7 Å². The first-order chi connectivity index (χ1) is 18.1. The van der Waals surface area contributed by atoms with E-state index in [9.17, 15) is 4.79 Å². The quantitative estimate of drug-likeness (QED) is 0.177. The minimum atomic E-state index is -0.527. The van der Waals surface area contributed by atoms with Gasteiger partial charge in [-0.3, -0.25) is 9.79 Å². The molecule has 1 saturated carbocycles. The van der Waals surface area contributed by atoms with Gasteiger partial charge >= 0.3 is 0 Å². The minimum absolute atomic E-state index is 0.118. The molecule has 1 atom stereocenters. The number of allylic oxidation sites excluding steroid dienone is 3. The van der Waals surface area contributed by atoms with Crippen LogP contribution in [0.5, 0.6) is 0 Å². The number of carbonyl (C=O) groups is 1. The molecule has 1 aromatic rings. The van der Waals surface area contributed by atoms with Crippen LogP contribution in [0.4, 0.5) is 11.6 Å². The number of rotatable bonds is 11. The highest BCUT2D eigenvalue weighted by atomic mass is 32.1. The van der Waals surface area contributed by atoms with Gasteiger partial charge in [-0.2, -0.15) is 0 Å².